The second kappa shape index (κ2) is 12.3. The number of anilines is 3. The molecular formula is C32H38B2FN5O2. The zero-order valence-corrected chi connectivity index (χ0v) is 24.4. The number of hydrogen-bond acceptors (Lipinski definition) is 5. The summed E-state index contributed by atoms with van der Waals surface area (Å²) in [6, 6.07) is 23.1. The van der Waals surface area contributed by atoms with E-state index >= 15 is 0 Å². The highest BCUT2D eigenvalue weighted by atomic mass is 19.1. The Morgan fingerprint density at radius 1 is 0.643 bits per heavy atom. The summed E-state index contributed by atoms with van der Waals surface area (Å²) in [5.74, 6) is -0.162. The van der Waals surface area contributed by atoms with Gasteiger partial charge in [0.25, 0.3) is 0 Å². The molecule has 10 heteroatoms. The van der Waals surface area contributed by atoms with Gasteiger partial charge in [-0.05, 0) is 111 Å². The lowest BCUT2D eigenvalue weighted by Crippen LogP contribution is -2.37. The highest BCUT2D eigenvalue weighted by Gasteiger charge is 2.36. The van der Waals surface area contributed by atoms with Gasteiger partial charge in [-0.2, -0.15) is 0 Å². The summed E-state index contributed by atoms with van der Waals surface area (Å²) < 4.78 is 13.9. The first kappa shape index (κ1) is 28.5. The number of carbonyl (C=O) groups is 2. The van der Waals surface area contributed by atoms with Gasteiger partial charge in [0, 0.05) is 17.1 Å². The Bertz CT molecular complexity index is 1320. The van der Waals surface area contributed by atoms with Gasteiger partial charge < -0.3 is 25.2 Å². The first-order valence-electron chi connectivity index (χ1n) is 15.1. The van der Waals surface area contributed by atoms with Crippen LogP contribution in [0, 0.1) is 5.82 Å². The maximum atomic E-state index is 13.9. The average Bonchev–Trinajstić information content (AvgIpc) is 3.74. The average molecular weight is 565 g/mol. The zero-order chi connectivity index (χ0) is 29.2. The molecule has 0 saturated carbocycles. The van der Waals surface area contributed by atoms with Crippen LogP contribution in [0.15, 0.2) is 72.8 Å². The summed E-state index contributed by atoms with van der Waals surface area (Å²) >= 11 is 0. The minimum Gasteiger partial charge on any atom is -0.357 e. The molecule has 3 aliphatic rings. The Morgan fingerprint density at radius 2 is 1.07 bits per heavy atom. The van der Waals surface area contributed by atoms with Crippen LogP contribution in [-0.2, 0) is 9.59 Å². The number of benzene rings is 3. The fourth-order valence-electron chi connectivity index (χ4n) is 6.95. The number of carbonyl (C=O) groups excluding carboxylic acids is 2. The highest BCUT2D eigenvalue weighted by molar-refractivity contribution is 6.09. The molecule has 0 bridgehead atoms. The number of nitrogens with one attached hydrogen (secondary N) is 2. The van der Waals surface area contributed by atoms with Crippen LogP contribution in [-0.4, -0.2) is 62.6 Å². The van der Waals surface area contributed by atoms with Crippen LogP contribution in [0.25, 0.3) is 0 Å². The van der Waals surface area contributed by atoms with Crippen LogP contribution >= 0.6 is 0 Å². The minimum absolute atomic E-state index is 0.0477. The largest absolute Gasteiger partial charge is 0.357 e. The molecule has 2 amide bonds. The molecule has 2 unspecified atom stereocenters. The van der Waals surface area contributed by atoms with Crippen molar-refractivity contribution in [1.29, 1.82) is 0 Å². The second-order valence-corrected chi connectivity index (χ2v) is 12.0. The van der Waals surface area contributed by atoms with Crippen LogP contribution in [0.2, 0.25) is 0 Å². The van der Waals surface area contributed by atoms with Gasteiger partial charge in [-0.1, -0.05) is 24.3 Å². The number of amides is 2. The molecule has 3 aromatic rings. The van der Waals surface area contributed by atoms with Gasteiger partial charge in [0.1, 0.15) is 5.82 Å². The van der Waals surface area contributed by atoms with Crippen LogP contribution in [0.5, 0.6) is 0 Å². The molecule has 0 radical (unpaired) electrons. The third kappa shape index (κ3) is 5.96. The van der Waals surface area contributed by atoms with Gasteiger partial charge in [-0.25, -0.2) is 4.39 Å². The number of halogens is 1. The van der Waals surface area contributed by atoms with E-state index in [4.69, 9.17) is 0 Å². The summed E-state index contributed by atoms with van der Waals surface area (Å²) in [5.41, 5.74) is 4.87. The molecule has 6 rings (SSSR count). The van der Waals surface area contributed by atoms with E-state index in [1.165, 1.54) is 12.1 Å². The topological polar surface area (TPSA) is 67.9 Å². The fraction of sp³-hybridized carbons (Fsp3) is 0.375. The summed E-state index contributed by atoms with van der Waals surface area (Å²) in [6.07, 6.45) is 5.75. The standard InChI is InChI=1S/C32H38B2FN5O2/c33-38-19-1-3-29(38)31(41)36-24-11-5-21(6-12-24)27-17-18-28(40(27)26-15-9-23(35)10-16-26)22-7-13-25(14-8-22)37-32(42)30-4-2-20-39(30)34/h5-16,27-30H,1-4,17-20,33-34H2,(H,36,41)(H,37,42)/t27?,28?,29-,30-/m0/s1. The van der Waals surface area contributed by atoms with Crippen molar-refractivity contribution in [2.24, 2.45) is 0 Å². The number of hydrogen-bond donors (Lipinski definition) is 2. The van der Waals surface area contributed by atoms with Crippen molar-refractivity contribution in [1.82, 2.24) is 9.62 Å². The Kier molecular flexibility index (Phi) is 8.36. The lowest BCUT2D eigenvalue weighted by Gasteiger charge is -2.33. The molecule has 7 nitrogen and oxygen atoms in total. The van der Waals surface area contributed by atoms with Gasteiger partial charge in [0.2, 0.25) is 11.8 Å². The summed E-state index contributed by atoms with van der Waals surface area (Å²) in [5, 5.41) is 6.17. The molecule has 3 saturated heterocycles. The number of nitrogens with zero attached hydrogens (tertiary/aromatic N) is 3. The van der Waals surface area contributed by atoms with Crippen LogP contribution in [0.1, 0.15) is 61.7 Å². The molecule has 4 atom stereocenters. The molecule has 3 aromatic carbocycles. The van der Waals surface area contributed by atoms with E-state index in [1.807, 2.05) is 52.4 Å². The molecule has 3 aliphatic heterocycles. The van der Waals surface area contributed by atoms with Crippen molar-refractivity contribution in [2.75, 3.05) is 28.6 Å². The maximum Gasteiger partial charge on any atom is 0.240 e. The van der Waals surface area contributed by atoms with E-state index in [0.717, 1.165) is 79.8 Å². The van der Waals surface area contributed by atoms with Crippen molar-refractivity contribution in [3.05, 3.63) is 89.7 Å². The molecule has 0 aromatic heterocycles. The predicted octanol–water partition coefficient (Wildman–Crippen LogP) is 3.81. The van der Waals surface area contributed by atoms with E-state index in [9.17, 15) is 14.0 Å². The van der Waals surface area contributed by atoms with Crippen molar-refractivity contribution < 1.29 is 14.0 Å². The SMILES string of the molecule is BN1CCC[C@H]1C(=O)Nc1ccc(C2CCC(c3ccc(NC(=O)[C@@H]4CCCN4B)cc3)N2c2ccc(F)cc2)cc1. The Labute approximate surface area is 249 Å². The van der Waals surface area contributed by atoms with Crippen molar-refractivity contribution in [2.45, 2.75) is 62.7 Å². The number of rotatable bonds is 7. The normalized spacial score (nSPS) is 24.6. The maximum absolute atomic E-state index is 13.9. The highest BCUT2D eigenvalue weighted by Crippen LogP contribution is 2.47. The lowest BCUT2D eigenvalue weighted by atomic mass is 10.0. The van der Waals surface area contributed by atoms with Crippen molar-refractivity contribution in [3.63, 3.8) is 0 Å². The van der Waals surface area contributed by atoms with Crippen molar-refractivity contribution in [3.8, 4) is 0 Å². The second-order valence-electron chi connectivity index (χ2n) is 12.0. The van der Waals surface area contributed by atoms with E-state index in [0.29, 0.717) is 0 Å². The summed E-state index contributed by atoms with van der Waals surface area (Å²) in [4.78, 5) is 32.2. The molecule has 2 N–H and O–H groups in total. The van der Waals surface area contributed by atoms with Gasteiger partial charge >= 0.3 is 0 Å². The van der Waals surface area contributed by atoms with Gasteiger partial charge in [-0.15, -0.1) is 0 Å². The first-order valence-corrected chi connectivity index (χ1v) is 15.1. The molecule has 0 aliphatic carbocycles. The Balaban J connectivity index is 1.19. The van der Waals surface area contributed by atoms with Gasteiger partial charge in [-0.3, -0.25) is 9.59 Å². The third-order valence-corrected chi connectivity index (χ3v) is 9.28. The first-order chi connectivity index (χ1) is 20.4. The summed E-state index contributed by atoms with van der Waals surface area (Å²) in [7, 11) is 4.00. The summed E-state index contributed by atoms with van der Waals surface area (Å²) in [6.45, 7) is 1.91. The van der Waals surface area contributed by atoms with Crippen LogP contribution in [0.3, 0.4) is 0 Å². The van der Waals surface area contributed by atoms with Gasteiger partial charge in [0.15, 0.2) is 16.0 Å². The molecular weight excluding hydrogens is 527 g/mol. The smallest absolute Gasteiger partial charge is 0.240 e. The molecule has 3 fully saturated rings. The van der Waals surface area contributed by atoms with Crippen molar-refractivity contribution >= 4 is 44.8 Å². The Hall–Kier alpha value is -3.62. The Morgan fingerprint density at radius 3 is 1.45 bits per heavy atom. The van der Waals surface area contributed by atoms with Gasteiger partial charge in [0.05, 0.1) is 24.2 Å². The quantitative estimate of drug-likeness (QED) is 0.427. The van der Waals surface area contributed by atoms with E-state index in [-0.39, 0.29) is 41.8 Å². The third-order valence-electron chi connectivity index (χ3n) is 9.28. The van der Waals surface area contributed by atoms with Crippen LogP contribution < -0.4 is 15.5 Å². The van der Waals surface area contributed by atoms with E-state index in [1.54, 1.807) is 0 Å². The lowest BCUT2D eigenvalue weighted by molar-refractivity contribution is -0.119. The van der Waals surface area contributed by atoms with E-state index < -0.39 is 0 Å². The minimum atomic E-state index is -0.257. The monoisotopic (exact) mass is 565 g/mol. The molecule has 42 heavy (non-hydrogen) atoms. The van der Waals surface area contributed by atoms with E-state index in [2.05, 4.69) is 49.4 Å². The molecule has 0 spiro atoms. The molecule has 216 valence electrons. The predicted molar refractivity (Wildman–Crippen MR) is 170 cm³/mol. The zero-order valence-electron chi connectivity index (χ0n) is 24.4. The fourth-order valence-corrected chi connectivity index (χ4v) is 6.95. The van der Waals surface area contributed by atoms with Crippen LogP contribution in [0.4, 0.5) is 21.5 Å². The molecule has 3 heterocycles.